The quantitative estimate of drug-likeness (QED) is 0.368. The largest absolute Gasteiger partial charge is 0.480 e. The number of amides is 1. The zero-order valence-corrected chi connectivity index (χ0v) is 19.8. The minimum atomic E-state index is -1.36. The highest BCUT2D eigenvalue weighted by atomic mass is 79.9. The number of benzene rings is 3. The molecule has 0 aromatic heterocycles. The number of carboxylic acid groups (broad SMARTS) is 1. The Morgan fingerprint density at radius 1 is 0.969 bits per heavy atom. The Kier molecular flexibility index (Phi) is 6.62. The van der Waals surface area contributed by atoms with Gasteiger partial charge in [0.1, 0.15) is 18.5 Å². The summed E-state index contributed by atoms with van der Waals surface area (Å²) in [4.78, 5) is 24.2. The summed E-state index contributed by atoms with van der Waals surface area (Å²) < 4.78 is 20.5. The summed E-state index contributed by atoms with van der Waals surface area (Å²) in [5, 5.41) is 11.9. The molecule has 1 amide bonds. The lowest BCUT2D eigenvalue weighted by Crippen LogP contribution is -2.43. The highest BCUT2D eigenvalue weighted by Crippen LogP contribution is 2.44. The molecule has 32 heavy (non-hydrogen) atoms. The summed E-state index contributed by atoms with van der Waals surface area (Å²) >= 11 is 6.33. The van der Waals surface area contributed by atoms with E-state index in [1.54, 1.807) is 6.07 Å². The lowest BCUT2D eigenvalue weighted by molar-refractivity contribution is -0.139. The molecule has 164 valence electrons. The minimum Gasteiger partial charge on any atom is -0.480 e. The lowest BCUT2D eigenvalue weighted by atomic mass is 9.98. The van der Waals surface area contributed by atoms with E-state index in [1.807, 2.05) is 48.5 Å². The van der Waals surface area contributed by atoms with Crippen molar-refractivity contribution < 1.29 is 23.8 Å². The maximum Gasteiger partial charge on any atom is 0.407 e. The molecule has 3 aromatic carbocycles. The monoisotopic (exact) mass is 561 g/mol. The zero-order chi connectivity index (χ0) is 22.8. The van der Waals surface area contributed by atoms with Crippen molar-refractivity contribution in [1.82, 2.24) is 5.32 Å². The molecule has 2 N–H and O–H groups in total. The Bertz CT molecular complexity index is 1150. The molecule has 4 rings (SSSR count). The Labute approximate surface area is 200 Å². The van der Waals surface area contributed by atoms with Gasteiger partial charge < -0.3 is 15.2 Å². The number of nitrogens with one attached hydrogen (secondary N) is 1. The van der Waals surface area contributed by atoms with E-state index in [1.165, 1.54) is 6.07 Å². The third-order valence-corrected chi connectivity index (χ3v) is 6.84. The molecular weight excluding hydrogens is 545 g/mol. The second kappa shape index (κ2) is 9.42. The first-order valence-corrected chi connectivity index (χ1v) is 11.4. The highest BCUT2D eigenvalue weighted by Gasteiger charge is 2.30. The Morgan fingerprint density at radius 2 is 1.53 bits per heavy atom. The van der Waals surface area contributed by atoms with Crippen LogP contribution in [0.4, 0.5) is 9.18 Å². The molecule has 3 aromatic rings. The van der Waals surface area contributed by atoms with Crippen LogP contribution in [0.1, 0.15) is 22.6 Å². The van der Waals surface area contributed by atoms with Crippen LogP contribution < -0.4 is 5.32 Å². The van der Waals surface area contributed by atoms with E-state index in [-0.39, 0.29) is 29.0 Å². The maximum absolute atomic E-state index is 14.4. The topological polar surface area (TPSA) is 75.6 Å². The molecule has 1 atom stereocenters. The molecule has 0 radical (unpaired) electrons. The van der Waals surface area contributed by atoms with E-state index >= 15 is 0 Å². The van der Waals surface area contributed by atoms with Gasteiger partial charge in [-0.25, -0.2) is 14.0 Å². The molecule has 1 aliphatic rings. The van der Waals surface area contributed by atoms with Crippen molar-refractivity contribution in [2.75, 3.05) is 6.61 Å². The molecule has 0 bridgehead atoms. The molecule has 5 nitrogen and oxygen atoms in total. The predicted molar refractivity (Wildman–Crippen MR) is 125 cm³/mol. The van der Waals surface area contributed by atoms with Crippen molar-refractivity contribution in [3.8, 4) is 11.1 Å². The van der Waals surface area contributed by atoms with Crippen LogP contribution in [-0.2, 0) is 16.0 Å². The maximum atomic E-state index is 14.4. The third kappa shape index (κ3) is 4.42. The number of aliphatic carboxylic acids is 1. The van der Waals surface area contributed by atoms with Crippen LogP contribution in [0.5, 0.6) is 0 Å². The van der Waals surface area contributed by atoms with E-state index in [4.69, 9.17) is 4.74 Å². The average Bonchev–Trinajstić information content (AvgIpc) is 3.11. The number of carbonyl (C=O) groups is 2. The molecule has 0 aliphatic heterocycles. The van der Waals surface area contributed by atoms with Crippen molar-refractivity contribution in [3.63, 3.8) is 0 Å². The van der Waals surface area contributed by atoms with Crippen LogP contribution in [0.25, 0.3) is 11.1 Å². The van der Waals surface area contributed by atoms with Gasteiger partial charge in [-0.3, -0.25) is 0 Å². The van der Waals surface area contributed by atoms with Crippen LogP contribution in [0.2, 0.25) is 0 Å². The molecule has 0 heterocycles. The summed E-state index contributed by atoms with van der Waals surface area (Å²) in [5.74, 6) is -2.02. The van der Waals surface area contributed by atoms with Crippen LogP contribution >= 0.6 is 31.9 Å². The second-order valence-electron chi connectivity index (χ2n) is 7.39. The fourth-order valence-electron chi connectivity index (χ4n) is 3.94. The number of alkyl carbamates (subject to hydrolysis) is 1. The minimum absolute atomic E-state index is 0.0567. The number of halogens is 3. The first kappa shape index (κ1) is 22.5. The van der Waals surface area contributed by atoms with Gasteiger partial charge in [-0.05, 0) is 50.3 Å². The number of hydrogen-bond acceptors (Lipinski definition) is 3. The van der Waals surface area contributed by atoms with Crippen molar-refractivity contribution in [2.24, 2.45) is 0 Å². The number of carbonyl (C=O) groups excluding carboxylic acids is 1. The van der Waals surface area contributed by atoms with Gasteiger partial charge in [0.05, 0.1) is 4.47 Å². The van der Waals surface area contributed by atoms with Gasteiger partial charge in [0, 0.05) is 22.4 Å². The first-order valence-electron chi connectivity index (χ1n) is 9.83. The van der Waals surface area contributed by atoms with Gasteiger partial charge >= 0.3 is 12.1 Å². The fraction of sp³-hybridized carbons (Fsp3) is 0.167. The van der Waals surface area contributed by atoms with Crippen molar-refractivity contribution in [2.45, 2.75) is 18.4 Å². The van der Waals surface area contributed by atoms with Gasteiger partial charge in [0.15, 0.2) is 0 Å². The van der Waals surface area contributed by atoms with Crippen LogP contribution in [0.3, 0.4) is 0 Å². The van der Waals surface area contributed by atoms with Crippen LogP contribution in [-0.4, -0.2) is 29.8 Å². The van der Waals surface area contributed by atoms with Crippen molar-refractivity contribution in [1.29, 1.82) is 0 Å². The number of rotatable bonds is 6. The molecule has 0 saturated carbocycles. The van der Waals surface area contributed by atoms with Gasteiger partial charge in [0.25, 0.3) is 0 Å². The summed E-state index contributed by atoms with van der Waals surface area (Å²) in [7, 11) is 0. The van der Waals surface area contributed by atoms with Gasteiger partial charge in [0.2, 0.25) is 0 Å². The molecular formula is C24H18Br2FNO4. The Morgan fingerprint density at radius 3 is 2.12 bits per heavy atom. The summed E-state index contributed by atoms with van der Waals surface area (Å²) in [6.07, 6.45) is -1.11. The molecule has 0 spiro atoms. The average molecular weight is 563 g/mol. The number of fused-ring (bicyclic) bond motifs is 3. The summed E-state index contributed by atoms with van der Waals surface area (Å²) in [6.45, 7) is 0.0567. The summed E-state index contributed by atoms with van der Waals surface area (Å²) in [5.41, 5.74) is 4.43. The smallest absolute Gasteiger partial charge is 0.407 e. The number of hydrogen-bond donors (Lipinski definition) is 2. The van der Waals surface area contributed by atoms with Crippen LogP contribution in [0, 0.1) is 5.82 Å². The molecule has 0 saturated heterocycles. The van der Waals surface area contributed by atoms with E-state index in [0.717, 1.165) is 22.3 Å². The molecule has 8 heteroatoms. The first-order chi connectivity index (χ1) is 15.4. The Hall–Kier alpha value is -2.71. The Balaban J connectivity index is 1.46. The SMILES string of the molecule is O=C(NC(Cc1c(Br)ccc(Br)c1F)C(=O)O)OCC1c2ccccc2-c2ccccc21. The standard InChI is InChI=1S/C24H18Br2FNO4/c25-19-9-10-20(26)22(27)17(19)11-21(23(29)30)28-24(31)32-12-18-15-7-3-1-5-13(15)14-6-2-4-8-16(14)18/h1-10,18,21H,11-12H2,(H,28,31)(H,29,30). The fourth-order valence-corrected chi connectivity index (χ4v) is 4.78. The van der Waals surface area contributed by atoms with E-state index < -0.39 is 23.9 Å². The van der Waals surface area contributed by atoms with Crippen molar-refractivity contribution >= 4 is 43.9 Å². The van der Waals surface area contributed by atoms with E-state index in [9.17, 15) is 19.1 Å². The van der Waals surface area contributed by atoms with E-state index in [0.29, 0.717) is 4.47 Å². The number of carboxylic acids is 1. The molecule has 0 fully saturated rings. The second-order valence-corrected chi connectivity index (χ2v) is 9.10. The van der Waals surface area contributed by atoms with Gasteiger partial charge in [-0.15, -0.1) is 0 Å². The zero-order valence-electron chi connectivity index (χ0n) is 16.6. The third-order valence-electron chi connectivity index (χ3n) is 5.48. The van der Waals surface area contributed by atoms with Crippen molar-refractivity contribution in [3.05, 3.63) is 92.1 Å². The molecule has 1 unspecified atom stereocenters. The normalized spacial score (nSPS) is 13.2. The van der Waals surface area contributed by atoms with E-state index in [2.05, 4.69) is 37.2 Å². The molecule has 1 aliphatic carbocycles. The lowest BCUT2D eigenvalue weighted by Gasteiger charge is -2.18. The van der Waals surface area contributed by atoms with Gasteiger partial charge in [-0.2, -0.15) is 0 Å². The number of ether oxygens (including phenoxy) is 1. The summed E-state index contributed by atoms with van der Waals surface area (Å²) in [6, 6.07) is 17.6. The highest BCUT2D eigenvalue weighted by molar-refractivity contribution is 9.11. The van der Waals surface area contributed by atoms with Crippen LogP contribution in [0.15, 0.2) is 69.6 Å². The van der Waals surface area contributed by atoms with Gasteiger partial charge in [-0.1, -0.05) is 64.5 Å². The predicted octanol–water partition coefficient (Wildman–Crippen LogP) is 5.89.